The predicted octanol–water partition coefficient (Wildman–Crippen LogP) is 2.74. The van der Waals surface area contributed by atoms with E-state index in [2.05, 4.69) is 54.2 Å². The highest BCUT2D eigenvalue weighted by molar-refractivity contribution is 5.10. The molecule has 3 nitrogen and oxygen atoms in total. The van der Waals surface area contributed by atoms with Gasteiger partial charge in [0.1, 0.15) is 0 Å². The molecule has 1 aliphatic rings. The fraction of sp³-hybridized carbons (Fsp3) is 0.688. The van der Waals surface area contributed by atoms with E-state index in [1.807, 2.05) is 0 Å². The molecule has 1 aromatic heterocycles. The lowest BCUT2D eigenvalue weighted by Crippen LogP contribution is -2.35. The molecule has 0 radical (unpaired) electrons. The fourth-order valence-corrected chi connectivity index (χ4v) is 3.16. The summed E-state index contributed by atoms with van der Waals surface area (Å²) >= 11 is 0. The molecule has 2 atom stereocenters. The number of nitrogens with zero attached hydrogens (tertiary/aromatic N) is 2. The van der Waals surface area contributed by atoms with Crippen molar-refractivity contribution < 1.29 is 0 Å². The molecule has 1 saturated carbocycles. The van der Waals surface area contributed by atoms with Gasteiger partial charge in [0, 0.05) is 24.3 Å². The maximum Gasteiger partial charge on any atom is 0.0547 e. The van der Waals surface area contributed by atoms with Crippen molar-refractivity contribution in [3.63, 3.8) is 0 Å². The average molecular weight is 261 g/mol. The van der Waals surface area contributed by atoms with Crippen LogP contribution in [0.15, 0.2) is 18.2 Å². The molecule has 0 aliphatic heterocycles. The van der Waals surface area contributed by atoms with Gasteiger partial charge in [0.15, 0.2) is 0 Å². The Hall–Kier alpha value is -0.930. The van der Waals surface area contributed by atoms with E-state index < -0.39 is 0 Å². The van der Waals surface area contributed by atoms with Gasteiger partial charge in [-0.05, 0) is 51.4 Å². The lowest BCUT2D eigenvalue weighted by molar-refractivity contribution is 0.195. The van der Waals surface area contributed by atoms with E-state index in [-0.39, 0.29) is 0 Å². The molecule has 1 N–H and O–H groups in total. The predicted molar refractivity (Wildman–Crippen MR) is 80.2 cm³/mol. The van der Waals surface area contributed by atoms with Gasteiger partial charge in [-0.15, -0.1) is 0 Å². The number of pyridine rings is 1. The van der Waals surface area contributed by atoms with Crippen molar-refractivity contribution in [1.82, 2.24) is 15.2 Å². The number of hydrogen-bond donors (Lipinski definition) is 1. The van der Waals surface area contributed by atoms with Gasteiger partial charge in [-0.1, -0.05) is 19.9 Å². The maximum atomic E-state index is 4.63. The first kappa shape index (κ1) is 14.5. The minimum atomic E-state index is 0.717. The standard InChI is InChI=1S/C16H27N3/c1-4-17-14-9-10-16(11-14)19(5-2)12-15-8-6-7-13(3)18-15/h6-8,14,16-17H,4-5,9-12H2,1-3H3. The van der Waals surface area contributed by atoms with Crippen LogP contribution in [0.1, 0.15) is 44.5 Å². The fourth-order valence-electron chi connectivity index (χ4n) is 3.16. The monoisotopic (exact) mass is 261 g/mol. The third kappa shape index (κ3) is 4.02. The second-order valence-electron chi connectivity index (χ2n) is 5.55. The number of rotatable bonds is 6. The van der Waals surface area contributed by atoms with Crippen LogP contribution in [0, 0.1) is 6.92 Å². The summed E-state index contributed by atoms with van der Waals surface area (Å²) in [6.45, 7) is 9.71. The van der Waals surface area contributed by atoms with E-state index >= 15 is 0 Å². The van der Waals surface area contributed by atoms with Crippen molar-refractivity contribution in [1.29, 1.82) is 0 Å². The normalized spacial score (nSPS) is 23.2. The minimum Gasteiger partial charge on any atom is -0.314 e. The summed E-state index contributed by atoms with van der Waals surface area (Å²) in [7, 11) is 0. The van der Waals surface area contributed by atoms with E-state index in [4.69, 9.17) is 0 Å². The molecule has 0 saturated heterocycles. The zero-order valence-electron chi connectivity index (χ0n) is 12.5. The van der Waals surface area contributed by atoms with Gasteiger partial charge < -0.3 is 5.32 Å². The van der Waals surface area contributed by atoms with E-state index in [9.17, 15) is 0 Å². The number of aromatic nitrogens is 1. The Morgan fingerprint density at radius 3 is 2.84 bits per heavy atom. The first-order valence-corrected chi connectivity index (χ1v) is 7.62. The largest absolute Gasteiger partial charge is 0.314 e. The molecule has 3 heteroatoms. The molecule has 0 aromatic carbocycles. The van der Waals surface area contributed by atoms with Gasteiger partial charge in [-0.25, -0.2) is 0 Å². The summed E-state index contributed by atoms with van der Waals surface area (Å²) in [5.41, 5.74) is 2.32. The Kier molecular flexibility index (Phi) is 5.34. The molecule has 1 aliphatic carbocycles. The van der Waals surface area contributed by atoms with Crippen LogP contribution in [0.5, 0.6) is 0 Å². The molecule has 2 rings (SSSR count). The van der Waals surface area contributed by atoms with Gasteiger partial charge in [0.25, 0.3) is 0 Å². The number of aryl methyl sites for hydroxylation is 1. The van der Waals surface area contributed by atoms with Crippen molar-refractivity contribution in [2.75, 3.05) is 13.1 Å². The second kappa shape index (κ2) is 7.01. The lowest BCUT2D eigenvalue weighted by Gasteiger charge is -2.27. The molecule has 0 amide bonds. The Morgan fingerprint density at radius 1 is 1.32 bits per heavy atom. The van der Waals surface area contributed by atoms with Gasteiger partial charge in [0.2, 0.25) is 0 Å². The molecule has 106 valence electrons. The van der Waals surface area contributed by atoms with Crippen LogP contribution in [-0.2, 0) is 6.54 Å². The Labute approximate surface area is 117 Å². The first-order chi connectivity index (χ1) is 9.22. The van der Waals surface area contributed by atoms with E-state index in [1.54, 1.807) is 0 Å². The summed E-state index contributed by atoms with van der Waals surface area (Å²) in [5, 5.41) is 3.58. The summed E-state index contributed by atoms with van der Waals surface area (Å²) < 4.78 is 0. The van der Waals surface area contributed by atoms with Crippen LogP contribution < -0.4 is 5.32 Å². The van der Waals surface area contributed by atoms with E-state index in [1.165, 1.54) is 25.0 Å². The van der Waals surface area contributed by atoms with Crippen LogP contribution in [0.4, 0.5) is 0 Å². The number of hydrogen-bond acceptors (Lipinski definition) is 3. The Balaban J connectivity index is 1.93. The molecule has 0 bridgehead atoms. The highest BCUT2D eigenvalue weighted by atomic mass is 15.2. The summed E-state index contributed by atoms with van der Waals surface area (Å²) in [6.07, 6.45) is 3.92. The van der Waals surface area contributed by atoms with Crippen LogP contribution in [0.25, 0.3) is 0 Å². The Bertz CT molecular complexity index is 391. The van der Waals surface area contributed by atoms with Crippen molar-refractivity contribution in [3.8, 4) is 0 Å². The molecule has 1 aromatic rings. The zero-order valence-corrected chi connectivity index (χ0v) is 12.5. The number of nitrogens with one attached hydrogen (secondary N) is 1. The smallest absolute Gasteiger partial charge is 0.0547 e. The van der Waals surface area contributed by atoms with Gasteiger partial charge in [-0.3, -0.25) is 9.88 Å². The van der Waals surface area contributed by atoms with Crippen LogP contribution in [0.2, 0.25) is 0 Å². The third-order valence-corrected chi connectivity index (χ3v) is 4.13. The van der Waals surface area contributed by atoms with Crippen molar-refractivity contribution in [2.24, 2.45) is 0 Å². The average Bonchev–Trinajstić information content (AvgIpc) is 2.85. The van der Waals surface area contributed by atoms with E-state index in [0.29, 0.717) is 0 Å². The highest BCUT2D eigenvalue weighted by Gasteiger charge is 2.28. The topological polar surface area (TPSA) is 28.2 Å². The molecular formula is C16H27N3. The molecule has 1 heterocycles. The van der Waals surface area contributed by atoms with Gasteiger partial charge in [0.05, 0.1) is 5.69 Å². The minimum absolute atomic E-state index is 0.717. The van der Waals surface area contributed by atoms with E-state index in [0.717, 1.165) is 37.4 Å². The summed E-state index contributed by atoms with van der Waals surface area (Å²) in [6, 6.07) is 7.76. The third-order valence-electron chi connectivity index (χ3n) is 4.13. The van der Waals surface area contributed by atoms with Crippen LogP contribution in [-0.4, -0.2) is 35.1 Å². The zero-order chi connectivity index (χ0) is 13.7. The molecule has 19 heavy (non-hydrogen) atoms. The highest BCUT2D eigenvalue weighted by Crippen LogP contribution is 2.25. The van der Waals surface area contributed by atoms with Gasteiger partial charge >= 0.3 is 0 Å². The SMILES string of the molecule is CCNC1CCC(N(CC)Cc2cccc(C)n2)C1. The van der Waals surface area contributed by atoms with Crippen molar-refractivity contribution >= 4 is 0 Å². The lowest BCUT2D eigenvalue weighted by atomic mass is 10.2. The van der Waals surface area contributed by atoms with Crippen molar-refractivity contribution in [3.05, 3.63) is 29.6 Å². The second-order valence-corrected chi connectivity index (χ2v) is 5.55. The quantitative estimate of drug-likeness (QED) is 0.853. The molecule has 0 spiro atoms. The van der Waals surface area contributed by atoms with Crippen LogP contribution >= 0.6 is 0 Å². The summed E-state index contributed by atoms with van der Waals surface area (Å²) in [5.74, 6) is 0. The Morgan fingerprint density at radius 2 is 2.16 bits per heavy atom. The first-order valence-electron chi connectivity index (χ1n) is 7.62. The summed E-state index contributed by atoms with van der Waals surface area (Å²) in [4.78, 5) is 7.21. The maximum absolute atomic E-state index is 4.63. The van der Waals surface area contributed by atoms with Crippen molar-refractivity contribution in [2.45, 2.75) is 58.7 Å². The molecular weight excluding hydrogens is 234 g/mol. The molecule has 1 fully saturated rings. The van der Waals surface area contributed by atoms with Gasteiger partial charge in [-0.2, -0.15) is 0 Å². The van der Waals surface area contributed by atoms with Crippen LogP contribution in [0.3, 0.4) is 0 Å². The molecule has 2 unspecified atom stereocenters.